The van der Waals surface area contributed by atoms with Gasteiger partial charge < -0.3 is 18.9 Å². The van der Waals surface area contributed by atoms with E-state index in [2.05, 4.69) is 84.9 Å². The van der Waals surface area contributed by atoms with Crippen LogP contribution in [-0.2, 0) is 25.7 Å². The highest BCUT2D eigenvalue weighted by molar-refractivity contribution is 6.48. The molecule has 6 aliphatic rings. The van der Waals surface area contributed by atoms with E-state index in [0.717, 1.165) is 122 Å². The maximum absolute atomic E-state index is 17.3. The molecular weight excluding hydrogens is 1410 g/mol. The van der Waals surface area contributed by atoms with Gasteiger partial charge >= 0.3 is 0 Å². The molecule has 4 saturated carbocycles. The SMILES string of the molecule is O=C1c2cc(Oc3ccccc3)c3c4c(Oc5ccccc5)cc5c6c(cc(Oc7ccccc7)c(c7c(Oc8ccccc8)cc(c2c37)C(=O)N1c1c(CCC2CCCCC2)cc(-c2ccccc2)cc1CCC1CCCCC1)c64)C(=O)N(c1c(CCC2CCCCC2)cc(-c2ccccc2)cc1CCC1CCCCC1)C5=O. The smallest absolute Gasteiger partial charge is 0.266 e. The fourth-order valence-corrected chi connectivity index (χ4v) is 20.5. The maximum Gasteiger partial charge on any atom is 0.266 e. The van der Waals surface area contributed by atoms with Crippen LogP contribution in [-0.4, -0.2) is 23.6 Å². The fraction of sp³-hybridized carbons (Fsp3) is 0.308. The molecule has 4 amide bonds. The second kappa shape index (κ2) is 32.3. The number of hydrogen-bond acceptors (Lipinski definition) is 8. The van der Waals surface area contributed by atoms with Crippen molar-refractivity contribution in [2.75, 3.05) is 9.80 Å². The normalized spacial score (nSPS) is 16.6. The molecule has 10 heteroatoms. The number of para-hydroxylation sites is 4. The summed E-state index contributed by atoms with van der Waals surface area (Å²) in [6.07, 6.45) is 30.3. The van der Waals surface area contributed by atoms with Gasteiger partial charge in [0.2, 0.25) is 0 Å². The predicted octanol–water partition coefficient (Wildman–Crippen LogP) is 27.9. The molecule has 0 atom stereocenters. The molecule has 2 heterocycles. The summed E-state index contributed by atoms with van der Waals surface area (Å²) in [6, 6.07) is 75.9. The van der Waals surface area contributed by atoms with Crippen molar-refractivity contribution in [2.24, 2.45) is 23.7 Å². The van der Waals surface area contributed by atoms with Gasteiger partial charge in [0.15, 0.2) is 0 Å². The number of rotatable bonds is 24. The summed E-state index contributed by atoms with van der Waals surface area (Å²) in [4.78, 5) is 72.1. The largest absolute Gasteiger partial charge is 0.457 e. The van der Waals surface area contributed by atoms with Crippen molar-refractivity contribution >= 4 is 78.1 Å². The molecule has 0 bridgehead atoms. The van der Waals surface area contributed by atoms with E-state index < -0.39 is 23.6 Å². The van der Waals surface area contributed by atoms with Crippen molar-refractivity contribution in [3.05, 3.63) is 275 Å². The lowest BCUT2D eigenvalue weighted by atomic mass is 9.79. The zero-order valence-corrected chi connectivity index (χ0v) is 65.2. The Morgan fingerprint density at radius 2 is 0.456 bits per heavy atom. The fourth-order valence-electron chi connectivity index (χ4n) is 20.5. The topological polar surface area (TPSA) is 112 Å². The molecular formula is C104H98N2O8. The number of hydrogen-bond donors (Lipinski definition) is 0. The molecule has 13 aromatic carbocycles. The Morgan fingerprint density at radius 3 is 0.684 bits per heavy atom. The van der Waals surface area contributed by atoms with E-state index >= 15 is 19.2 Å². The number of ether oxygens (including phenoxy) is 4. The van der Waals surface area contributed by atoms with Gasteiger partial charge in [0.05, 0.1) is 33.6 Å². The zero-order chi connectivity index (χ0) is 76.6. The maximum atomic E-state index is 17.3. The lowest BCUT2D eigenvalue weighted by Crippen LogP contribution is -2.42. The number of imide groups is 2. The van der Waals surface area contributed by atoms with E-state index in [4.69, 9.17) is 18.9 Å². The molecule has 4 fully saturated rings. The standard InChI is InChI=1S/C104H98N2O8/c107-101-83-63-87(111-79-43-23-7-24-44-79)93-95-89(113-81-47-27-9-28-48-81)65-85-92-86(104(110)106(103(85)109)100-75(57-53-69-35-15-3-16-36-69)61-78(72-41-21-6-22-42-72)62-76(100)58-54-70-37-17-4-18-38-70)66-90(114-82-49-29-10-30-50-82)96(98(92)95)94-88(112-80-45-25-8-26-46-80)64-84(91(83)97(93)94)102(108)105(101)99-73(55-51-67-31-11-1-12-32-67)59-77(71-39-19-5-20-40-71)60-74(99)56-52-68-33-13-2-14-34-68/h5-10,19-30,39-50,59-70H,1-4,11-18,31-38,51-58H2. The Morgan fingerprint density at radius 1 is 0.237 bits per heavy atom. The summed E-state index contributed by atoms with van der Waals surface area (Å²) in [5.41, 5.74) is 10.7. The Labute approximate surface area is 668 Å². The van der Waals surface area contributed by atoms with Gasteiger partial charge in [0.25, 0.3) is 23.6 Å². The van der Waals surface area contributed by atoms with Gasteiger partial charge in [-0.05, 0) is 217 Å². The first-order valence-corrected chi connectivity index (χ1v) is 42.7. The summed E-state index contributed by atoms with van der Waals surface area (Å²) in [5, 5.41) is 3.73. The van der Waals surface area contributed by atoms with Crippen LogP contribution in [0.3, 0.4) is 0 Å². The lowest BCUT2D eigenvalue weighted by Gasteiger charge is -2.35. The van der Waals surface area contributed by atoms with Crippen LogP contribution in [0.1, 0.15) is 218 Å². The molecule has 0 aromatic heterocycles. The van der Waals surface area contributed by atoms with E-state index in [9.17, 15) is 0 Å². The average molecular weight is 1500 g/mol. The minimum Gasteiger partial charge on any atom is -0.457 e. The van der Waals surface area contributed by atoms with Crippen LogP contribution < -0.4 is 28.7 Å². The van der Waals surface area contributed by atoms with Crippen LogP contribution in [0.5, 0.6) is 46.0 Å². The molecule has 0 spiro atoms. The monoisotopic (exact) mass is 1500 g/mol. The summed E-state index contributed by atoms with van der Waals surface area (Å²) in [7, 11) is 0. The third-order valence-corrected chi connectivity index (χ3v) is 26.2. The Kier molecular flexibility index (Phi) is 20.6. The van der Waals surface area contributed by atoms with Gasteiger partial charge in [0, 0.05) is 43.1 Å². The van der Waals surface area contributed by atoms with Crippen molar-refractivity contribution < 1.29 is 38.1 Å². The van der Waals surface area contributed by atoms with Crippen LogP contribution in [0, 0.1) is 23.7 Å². The van der Waals surface area contributed by atoms with Crippen molar-refractivity contribution in [3.63, 3.8) is 0 Å². The molecule has 19 rings (SSSR count). The van der Waals surface area contributed by atoms with Gasteiger partial charge in [-0.3, -0.25) is 19.2 Å². The molecule has 13 aromatic rings. The molecule has 0 radical (unpaired) electrons. The quantitative estimate of drug-likeness (QED) is 0.0334. The van der Waals surface area contributed by atoms with Gasteiger partial charge in [-0.2, -0.15) is 0 Å². The summed E-state index contributed by atoms with van der Waals surface area (Å²) >= 11 is 0. The molecule has 4 aliphatic carbocycles. The first kappa shape index (κ1) is 72.9. The minimum absolute atomic E-state index is 0.272. The van der Waals surface area contributed by atoms with Gasteiger partial charge in [0.1, 0.15) is 46.0 Å². The van der Waals surface area contributed by atoms with Crippen LogP contribution in [0.4, 0.5) is 11.4 Å². The predicted molar refractivity (Wildman–Crippen MR) is 459 cm³/mol. The number of nitrogens with zero attached hydrogens (tertiary/aromatic N) is 2. The second-order valence-corrected chi connectivity index (χ2v) is 33.4. The van der Waals surface area contributed by atoms with Crippen LogP contribution in [0.25, 0.3) is 65.3 Å². The third-order valence-electron chi connectivity index (χ3n) is 26.2. The number of amides is 4. The number of fused-ring (bicyclic) bond motifs is 2. The summed E-state index contributed by atoms with van der Waals surface area (Å²) in [6.45, 7) is 0. The van der Waals surface area contributed by atoms with Gasteiger partial charge in [-0.15, -0.1) is 0 Å². The lowest BCUT2D eigenvalue weighted by molar-refractivity contribution is 0.0877. The number of carbonyl (C=O) groups excluding carboxylic acids is 4. The average Bonchev–Trinajstić information content (AvgIpc) is 0.669. The third kappa shape index (κ3) is 14.3. The van der Waals surface area contributed by atoms with E-state index in [1.807, 2.05) is 146 Å². The summed E-state index contributed by atoms with van der Waals surface area (Å²) < 4.78 is 29.9. The molecule has 0 N–H and O–H groups in total. The second-order valence-electron chi connectivity index (χ2n) is 33.4. The van der Waals surface area contributed by atoms with Crippen LogP contribution in [0.15, 0.2) is 231 Å². The molecule has 0 unspecified atom stereocenters. The van der Waals surface area contributed by atoms with E-state index in [1.54, 1.807) is 0 Å². The van der Waals surface area contributed by atoms with E-state index in [1.165, 1.54) is 86.8 Å². The highest BCUT2D eigenvalue weighted by atomic mass is 16.5. The summed E-state index contributed by atoms with van der Waals surface area (Å²) in [5.74, 6) is 3.35. The van der Waals surface area contributed by atoms with Crippen molar-refractivity contribution in [3.8, 4) is 68.2 Å². The molecule has 572 valence electrons. The number of aryl methyl sites for hydroxylation is 4. The zero-order valence-electron chi connectivity index (χ0n) is 65.2. The van der Waals surface area contributed by atoms with Crippen molar-refractivity contribution in [1.29, 1.82) is 0 Å². The Hall–Kier alpha value is -11.4. The molecule has 0 saturated heterocycles. The number of carbonyl (C=O) groups is 4. The Bertz CT molecular complexity index is 5090. The number of anilines is 2. The highest BCUT2D eigenvalue weighted by Gasteiger charge is 2.45. The Balaban J connectivity index is 0.899. The van der Waals surface area contributed by atoms with Gasteiger partial charge in [-0.25, -0.2) is 9.80 Å². The minimum atomic E-state index is -0.466. The molecule has 114 heavy (non-hydrogen) atoms. The highest BCUT2D eigenvalue weighted by Crippen LogP contribution is 2.59. The van der Waals surface area contributed by atoms with E-state index in [0.29, 0.717) is 150 Å². The molecule has 10 nitrogen and oxygen atoms in total. The molecule has 2 aliphatic heterocycles. The van der Waals surface area contributed by atoms with Gasteiger partial charge in [-0.1, -0.05) is 262 Å². The first-order valence-electron chi connectivity index (χ1n) is 42.7. The number of benzene rings is 13. The van der Waals surface area contributed by atoms with Crippen molar-refractivity contribution in [1.82, 2.24) is 0 Å². The van der Waals surface area contributed by atoms with Crippen molar-refractivity contribution in [2.45, 2.75) is 180 Å². The van der Waals surface area contributed by atoms with Crippen LogP contribution in [0.2, 0.25) is 0 Å². The first-order chi connectivity index (χ1) is 56.2. The van der Waals surface area contributed by atoms with Crippen LogP contribution >= 0.6 is 0 Å². The van der Waals surface area contributed by atoms with E-state index in [-0.39, 0.29) is 22.3 Å².